The summed E-state index contributed by atoms with van der Waals surface area (Å²) >= 11 is 0. The zero-order chi connectivity index (χ0) is 12.9. The van der Waals surface area contributed by atoms with Gasteiger partial charge in [-0.1, -0.05) is 37.3 Å². The van der Waals surface area contributed by atoms with Crippen LogP contribution >= 0.6 is 12.4 Å². The van der Waals surface area contributed by atoms with Gasteiger partial charge in [-0.05, 0) is 5.56 Å². The van der Waals surface area contributed by atoms with Crippen LogP contribution in [0.5, 0.6) is 0 Å². The van der Waals surface area contributed by atoms with Gasteiger partial charge in [0, 0.05) is 26.2 Å². The highest BCUT2D eigenvalue weighted by Crippen LogP contribution is 2.08. The summed E-state index contributed by atoms with van der Waals surface area (Å²) in [7, 11) is -1.89. The van der Waals surface area contributed by atoms with Crippen molar-refractivity contribution in [3.63, 3.8) is 0 Å². The van der Waals surface area contributed by atoms with E-state index in [1.165, 1.54) is 11.4 Å². The number of hydrogen-bond acceptors (Lipinski definition) is 3. The number of rotatable bonds is 6. The Morgan fingerprint density at radius 1 is 1.33 bits per heavy atom. The van der Waals surface area contributed by atoms with Gasteiger partial charge in [-0.15, -0.1) is 12.4 Å². The quantitative estimate of drug-likeness (QED) is 0.818. The predicted molar refractivity (Wildman–Crippen MR) is 75.8 cm³/mol. The van der Waals surface area contributed by atoms with Gasteiger partial charge in [0.1, 0.15) is 0 Å². The molecule has 0 aliphatic heterocycles. The number of hydrogen-bond donors (Lipinski definition) is 2. The molecule has 0 heterocycles. The number of nitrogens with two attached hydrogens (primary N) is 1. The fraction of sp³-hybridized carbons (Fsp3) is 0.455. The molecule has 0 saturated carbocycles. The molecule has 0 saturated heterocycles. The van der Waals surface area contributed by atoms with Crippen molar-refractivity contribution < 1.29 is 8.42 Å². The highest BCUT2D eigenvalue weighted by atomic mass is 35.5. The van der Waals surface area contributed by atoms with E-state index in [1.807, 2.05) is 30.3 Å². The summed E-state index contributed by atoms with van der Waals surface area (Å²) in [5, 5.41) is 0. The third kappa shape index (κ3) is 4.91. The lowest BCUT2D eigenvalue weighted by atomic mass is 10.1. The first kappa shape index (κ1) is 17.3. The second-order valence-corrected chi connectivity index (χ2v) is 5.65. The van der Waals surface area contributed by atoms with Gasteiger partial charge in [-0.3, -0.25) is 0 Å². The van der Waals surface area contributed by atoms with Gasteiger partial charge in [-0.25, -0.2) is 4.72 Å². The number of halogens is 1. The predicted octanol–water partition coefficient (Wildman–Crippen LogP) is 0.894. The lowest BCUT2D eigenvalue weighted by Gasteiger charge is -2.18. The maximum atomic E-state index is 11.7. The molecular weight excluding hydrogens is 274 g/mol. The van der Waals surface area contributed by atoms with Gasteiger partial charge in [0.25, 0.3) is 10.2 Å². The van der Waals surface area contributed by atoms with Crippen molar-refractivity contribution in [1.29, 1.82) is 0 Å². The van der Waals surface area contributed by atoms with E-state index in [-0.39, 0.29) is 25.0 Å². The molecule has 0 aliphatic carbocycles. The van der Waals surface area contributed by atoms with Crippen LogP contribution in [0, 0.1) is 0 Å². The molecule has 1 aromatic rings. The largest absolute Gasteiger partial charge is 0.323 e. The van der Waals surface area contributed by atoms with E-state index in [0.29, 0.717) is 6.54 Å². The van der Waals surface area contributed by atoms with Gasteiger partial charge >= 0.3 is 0 Å². The first-order valence-electron chi connectivity index (χ1n) is 5.49. The molecule has 1 unspecified atom stereocenters. The molecule has 1 aromatic carbocycles. The van der Waals surface area contributed by atoms with Crippen molar-refractivity contribution in [3.8, 4) is 0 Å². The summed E-state index contributed by atoms with van der Waals surface area (Å²) in [6, 6.07) is 9.07. The first-order chi connectivity index (χ1) is 7.97. The van der Waals surface area contributed by atoms with Gasteiger partial charge in [0.05, 0.1) is 0 Å². The minimum absolute atomic E-state index is 0. The number of benzene rings is 1. The Morgan fingerprint density at radius 3 is 2.39 bits per heavy atom. The molecule has 1 rings (SSSR count). The van der Waals surface area contributed by atoms with Crippen LogP contribution in [0.1, 0.15) is 18.5 Å². The Balaban J connectivity index is 0.00000289. The van der Waals surface area contributed by atoms with Crippen LogP contribution in [0.15, 0.2) is 30.3 Å². The third-order valence-corrected chi connectivity index (χ3v) is 4.18. The molecule has 0 aromatic heterocycles. The lowest BCUT2D eigenvalue weighted by Crippen LogP contribution is -2.41. The van der Waals surface area contributed by atoms with E-state index in [0.717, 1.165) is 5.56 Å². The van der Waals surface area contributed by atoms with Gasteiger partial charge < -0.3 is 5.73 Å². The van der Waals surface area contributed by atoms with Crippen molar-refractivity contribution in [1.82, 2.24) is 9.03 Å². The van der Waals surface area contributed by atoms with Gasteiger partial charge in [0.15, 0.2) is 0 Å². The topological polar surface area (TPSA) is 75.4 Å². The van der Waals surface area contributed by atoms with Gasteiger partial charge in [0.2, 0.25) is 0 Å². The molecule has 5 nitrogen and oxygen atoms in total. The lowest BCUT2D eigenvalue weighted by molar-refractivity contribution is 0.470. The SMILES string of the molecule is CCN(C)S(=O)(=O)NCC(N)c1ccccc1.Cl. The molecule has 3 N–H and O–H groups in total. The maximum absolute atomic E-state index is 11.7. The molecule has 0 amide bonds. The molecule has 104 valence electrons. The van der Waals surface area contributed by atoms with Crippen molar-refractivity contribution >= 4 is 22.6 Å². The molecule has 0 fully saturated rings. The monoisotopic (exact) mass is 293 g/mol. The Hall–Kier alpha value is -0.660. The van der Waals surface area contributed by atoms with E-state index < -0.39 is 10.2 Å². The van der Waals surface area contributed by atoms with Crippen molar-refractivity contribution in [2.75, 3.05) is 20.1 Å². The summed E-state index contributed by atoms with van der Waals surface area (Å²) < 4.78 is 27.0. The standard InChI is InChI=1S/C11H19N3O2S.ClH/c1-3-14(2)17(15,16)13-9-11(12)10-7-5-4-6-8-10;/h4-8,11,13H,3,9,12H2,1-2H3;1H. The summed E-state index contributed by atoms with van der Waals surface area (Å²) in [4.78, 5) is 0. The highest BCUT2D eigenvalue weighted by molar-refractivity contribution is 7.87. The highest BCUT2D eigenvalue weighted by Gasteiger charge is 2.16. The average molecular weight is 294 g/mol. The summed E-state index contributed by atoms with van der Waals surface area (Å²) in [6.07, 6.45) is 0. The fourth-order valence-corrected chi connectivity index (χ4v) is 2.24. The average Bonchev–Trinajstić information content (AvgIpc) is 2.36. The van der Waals surface area contributed by atoms with Crippen molar-refractivity contribution in [3.05, 3.63) is 35.9 Å². The Morgan fingerprint density at radius 2 is 1.89 bits per heavy atom. The van der Waals surface area contributed by atoms with Crippen LogP contribution in [0.25, 0.3) is 0 Å². The van der Waals surface area contributed by atoms with Crippen molar-refractivity contribution in [2.24, 2.45) is 5.73 Å². The molecular formula is C11H20ClN3O2S. The Labute approximate surface area is 115 Å². The van der Waals surface area contributed by atoms with Crippen LogP contribution in [0.2, 0.25) is 0 Å². The first-order valence-corrected chi connectivity index (χ1v) is 6.93. The molecule has 7 heteroatoms. The van der Waals surface area contributed by atoms with E-state index in [1.54, 1.807) is 6.92 Å². The van der Waals surface area contributed by atoms with Crippen LogP contribution in [0.4, 0.5) is 0 Å². The second kappa shape index (κ2) is 7.70. The molecule has 0 spiro atoms. The van der Waals surface area contributed by atoms with E-state index in [4.69, 9.17) is 5.73 Å². The van der Waals surface area contributed by atoms with Gasteiger partial charge in [-0.2, -0.15) is 12.7 Å². The van der Waals surface area contributed by atoms with Crippen LogP contribution in [0.3, 0.4) is 0 Å². The third-order valence-electron chi connectivity index (χ3n) is 2.57. The molecule has 1 atom stereocenters. The van der Waals surface area contributed by atoms with E-state index >= 15 is 0 Å². The molecule has 0 bridgehead atoms. The molecule has 0 radical (unpaired) electrons. The minimum atomic E-state index is -3.41. The Kier molecular flexibility index (Phi) is 7.42. The van der Waals surface area contributed by atoms with Crippen LogP contribution in [-0.4, -0.2) is 32.9 Å². The normalized spacial score (nSPS) is 13.1. The number of nitrogens with one attached hydrogen (secondary N) is 1. The minimum Gasteiger partial charge on any atom is -0.323 e. The van der Waals surface area contributed by atoms with Crippen molar-refractivity contribution in [2.45, 2.75) is 13.0 Å². The summed E-state index contributed by atoms with van der Waals surface area (Å²) in [5.74, 6) is 0. The van der Waals surface area contributed by atoms with Crippen LogP contribution in [-0.2, 0) is 10.2 Å². The molecule has 18 heavy (non-hydrogen) atoms. The smallest absolute Gasteiger partial charge is 0.279 e. The van der Waals surface area contributed by atoms with E-state index in [9.17, 15) is 8.42 Å². The summed E-state index contributed by atoms with van der Waals surface area (Å²) in [5.41, 5.74) is 6.81. The zero-order valence-electron chi connectivity index (χ0n) is 10.5. The fourth-order valence-electron chi connectivity index (χ4n) is 1.29. The zero-order valence-corrected chi connectivity index (χ0v) is 12.2. The number of nitrogens with zero attached hydrogens (tertiary/aromatic N) is 1. The van der Waals surface area contributed by atoms with E-state index in [2.05, 4.69) is 4.72 Å². The Bertz CT molecular complexity index is 439. The second-order valence-electron chi connectivity index (χ2n) is 3.78. The maximum Gasteiger partial charge on any atom is 0.279 e. The summed E-state index contributed by atoms with van der Waals surface area (Å²) in [6.45, 7) is 2.39. The van der Waals surface area contributed by atoms with Crippen LogP contribution < -0.4 is 10.5 Å². The molecule has 0 aliphatic rings.